The van der Waals surface area contributed by atoms with Gasteiger partial charge >= 0.3 is 0 Å². The second-order valence-electron chi connectivity index (χ2n) is 5.59. The number of piperidine rings is 1. The Hall–Kier alpha value is -2.13. The summed E-state index contributed by atoms with van der Waals surface area (Å²) in [4.78, 5) is 18.3. The molecule has 0 unspecified atom stereocenters. The van der Waals surface area contributed by atoms with Gasteiger partial charge in [0.25, 0.3) is 15.9 Å². The Morgan fingerprint density at radius 3 is 2.67 bits per heavy atom. The average molecular weight is 366 g/mol. The molecule has 1 fully saturated rings. The van der Waals surface area contributed by atoms with Crippen LogP contribution in [-0.2, 0) is 10.0 Å². The zero-order valence-corrected chi connectivity index (χ0v) is 14.6. The number of hydrogen-bond donors (Lipinski definition) is 2. The first-order chi connectivity index (χ1) is 11.5. The van der Waals surface area contributed by atoms with Gasteiger partial charge < -0.3 is 10.6 Å². The van der Waals surface area contributed by atoms with E-state index in [1.54, 1.807) is 17.0 Å². The second kappa shape index (κ2) is 6.78. The molecule has 2 aromatic rings. The van der Waals surface area contributed by atoms with Gasteiger partial charge in [-0.2, -0.15) is 8.42 Å². The summed E-state index contributed by atoms with van der Waals surface area (Å²) in [7, 11) is -3.85. The summed E-state index contributed by atoms with van der Waals surface area (Å²) in [5, 5.41) is 1.35. The van der Waals surface area contributed by atoms with Crippen LogP contribution in [0.15, 0.2) is 34.1 Å². The third-order valence-electron chi connectivity index (χ3n) is 3.85. The van der Waals surface area contributed by atoms with E-state index in [4.69, 9.17) is 5.73 Å². The number of anilines is 2. The number of hydrogen-bond acceptors (Lipinski definition) is 6. The third-order valence-corrected chi connectivity index (χ3v) is 5.84. The molecule has 2 heterocycles. The zero-order valence-electron chi connectivity index (χ0n) is 12.9. The molecule has 1 aliphatic heterocycles. The first-order valence-electron chi connectivity index (χ1n) is 7.57. The maximum Gasteiger partial charge on any atom is 0.280 e. The van der Waals surface area contributed by atoms with E-state index in [0.29, 0.717) is 24.3 Å². The number of thiazole rings is 1. The number of carbonyl (C=O) groups is 1. The predicted molar refractivity (Wildman–Crippen MR) is 93.5 cm³/mol. The molecule has 0 radical (unpaired) electrons. The fraction of sp³-hybridized carbons (Fsp3) is 0.333. The van der Waals surface area contributed by atoms with Crippen LogP contribution in [-0.4, -0.2) is 37.3 Å². The molecular weight excluding hydrogens is 348 g/mol. The van der Waals surface area contributed by atoms with E-state index in [2.05, 4.69) is 9.71 Å². The van der Waals surface area contributed by atoms with Crippen LogP contribution in [0.3, 0.4) is 0 Å². The number of amides is 1. The van der Waals surface area contributed by atoms with Crippen molar-refractivity contribution in [2.24, 2.45) is 0 Å². The topological polar surface area (TPSA) is 105 Å². The number of nitrogens with zero attached hydrogens (tertiary/aromatic N) is 2. The monoisotopic (exact) mass is 366 g/mol. The van der Waals surface area contributed by atoms with Crippen molar-refractivity contribution in [1.29, 1.82) is 0 Å². The SMILES string of the molecule is Nc1ccc(C(=O)N2CCCCC2)c(NS(=O)(=O)c2cscn2)c1. The van der Waals surface area contributed by atoms with Crippen molar-refractivity contribution < 1.29 is 13.2 Å². The quantitative estimate of drug-likeness (QED) is 0.807. The van der Waals surface area contributed by atoms with Gasteiger partial charge in [0.2, 0.25) is 0 Å². The standard InChI is InChI=1S/C15H18N4O3S2/c16-11-4-5-12(15(20)19-6-2-1-3-7-19)13(8-11)18-24(21,22)14-9-23-10-17-14/h4-5,8-10,18H,1-3,6-7,16H2. The summed E-state index contributed by atoms with van der Waals surface area (Å²) < 4.78 is 27.2. The van der Waals surface area contributed by atoms with Gasteiger partial charge in [-0.15, -0.1) is 11.3 Å². The molecular formula is C15H18N4O3S2. The number of nitrogens with two attached hydrogens (primary N) is 1. The first kappa shape index (κ1) is 16.7. The highest BCUT2D eigenvalue weighted by Crippen LogP contribution is 2.25. The second-order valence-corrected chi connectivity index (χ2v) is 7.94. The van der Waals surface area contributed by atoms with Crippen LogP contribution in [0.4, 0.5) is 11.4 Å². The van der Waals surface area contributed by atoms with E-state index >= 15 is 0 Å². The zero-order chi connectivity index (χ0) is 17.2. The van der Waals surface area contributed by atoms with E-state index < -0.39 is 10.0 Å². The number of benzene rings is 1. The minimum absolute atomic E-state index is 0.0775. The van der Waals surface area contributed by atoms with Crippen molar-refractivity contribution in [3.05, 3.63) is 34.7 Å². The van der Waals surface area contributed by atoms with Gasteiger partial charge in [-0.25, -0.2) is 4.98 Å². The number of carbonyl (C=O) groups excluding carboxylic acids is 1. The molecule has 0 bridgehead atoms. The largest absolute Gasteiger partial charge is 0.399 e. The van der Waals surface area contributed by atoms with Crippen molar-refractivity contribution in [3.63, 3.8) is 0 Å². The lowest BCUT2D eigenvalue weighted by atomic mass is 10.1. The van der Waals surface area contributed by atoms with Gasteiger partial charge in [-0.3, -0.25) is 9.52 Å². The van der Waals surface area contributed by atoms with Crippen molar-refractivity contribution in [2.75, 3.05) is 23.5 Å². The van der Waals surface area contributed by atoms with Crippen LogP contribution in [0, 0.1) is 0 Å². The molecule has 1 amide bonds. The highest BCUT2D eigenvalue weighted by atomic mass is 32.2. The predicted octanol–water partition coefficient (Wildman–Crippen LogP) is 2.15. The van der Waals surface area contributed by atoms with E-state index in [1.165, 1.54) is 28.3 Å². The molecule has 24 heavy (non-hydrogen) atoms. The van der Waals surface area contributed by atoms with Crippen LogP contribution in [0.5, 0.6) is 0 Å². The van der Waals surface area contributed by atoms with E-state index in [1.807, 2.05) is 0 Å². The van der Waals surface area contributed by atoms with Gasteiger partial charge in [0.1, 0.15) is 0 Å². The smallest absolute Gasteiger partial charge is 0.280 e. The van der Waals surface area contributed by atoms with E-state index in [-0.39, 0.29) is 16.6 Å². The molecule has 9 heteroatoms. The Bertz CT molecular complexity index is 828. The molecule has 0 atom stereocenters. The molecule has 0 saturated carbocycles. The summed E-state index contributed by atoms with van der Waals surface area (Å²) in [5.74, 6) is -0.189. The summed E-state index contributed by atoms with van der Waals surface area (Å²) in [6.07, 6.45) is 3.02. The number of sulfonamides is 1. The molecule has 7 nitrogen and oxygen atoms in total. The Morgan fingerprint density at radius 1 is 1.25 bits per heavy atom. The lowest BCUT2D eigenvalue weighted by Gasteiger charge is -2.27. The van der Waals surface area contributed by atoms with E-state index in [0.717, 1.165) is 19.3 Å². The molecule has 1 aromatic heterocycles. The number of nitrogen functional groups attached to an aromatic ring is 1. The highest BCUT2D eigenvalue weighted by molar-refractivity contribution is 7.92. The summed E-state index contributed by atoms with van der Waals surface area (Å²) in [5.41, 5.74) is 8.06. The lowest BCUT2D eigenvalue weighted by Crippen LogP contribution is -2.36. The third kappa shape index (κ3) is 3.51. The fourth-order valence-electron chi connectivity index (χ4n) is 2.63. The maximum atomic E-state index is 12.7. The Morgan fingerprint density at radius 2 is 2.00 bits per heavy atom. The first-order valence-corrected chi connectivity index (χ1v) is 10.00. The Balaban J connectivity index is 1.92. The average Bonchev–Trinajstić information content (AvgIpc) is 3.10. The molecule has 0 spiro atoms. The molecule has 3 N–H and O–H groups in total. The van der Waals surface area contributed by atoms with Crippen molar-refractivity contribution in [2.45, 2.75) is 24.3 Å². The molecule has 1 aromatic carbocycles. The van der Waals surface area contributed by atoms with Crippen LogP contribution in [0.1, 0.15) is 29.6 Å². The molecule has 0 aliphatic carbocycles. The van der Waals surface area contributed by atoms with E-state index in [9.17, 15) is 13.2 Å². The molecule has 1 saturated heterocycles. The van der Waals surface area contributed by atoms with Crippen LogP contribution < -0.4 is 10.5 Å². The minimum Gasteiger partial charge on any atom is -0.399 e. The molecule has 1 aliphatic rings. The van der Waals surface area contributed by atoms with Crippen LogP contribution >= 0.6 is 11.3 Å². The lowest BCUT2D eigenvalue weighted by molar-refractivity contribution is 0.0725. The fourth-order valence-corrected chi connectivity index (χ4v) is 4.54. The van der Waals surface area contributed by atoms with Gasteiger partial charge in [0, 0.05) is 24.2 Å². The van der Waals surface area contributed by atoms with Crippen LogP contribution in [0.25, 0.3) is 0 Å². The Labute approximate surface area is 144 Å². The van der Waals surface area contributed by atoms with Crippen molar-refractivity contribution in [1.82, 2.24) is 9.88 Å². The number of likely N-dealkylation sites (tertiary alicyclic amines) is 1. The highest BCUT2D eigenvalue weighted by Gasteiger charge is 2.24. The van der Waals surface area contributed by atoms with Gasteiger partial charge in [-0.05, 0) is 37.5 Å². The van der Waals surface area contributed by atoms with Crippen molar-refractivity contribution >= 4 is 38.6 Å². The molecule has 3 rings (SSSR count). The van der Waals surface area contributed by atoms with Crippen LogP contribution in [0.2, 0.25) is 0 Å². The molecule has 128 valence electrons. The number of aromatic nitrogens is 1. The maximum absolute atomic E-state index is 12.7. The van der Waals surface area contributed by atoms with Gasteiger partial charge in [0.05, 0.1) is 16.8 Å². The number of rotatable bonds is 4. The van der Waals surface area contributed by atoms with Gasteiger partial charge in [-0.1, -0.05) is 0 Å². The summed E-state index contributed by atoms with van der Waals surface area (Å²) in [6, 6.07) is 4.62. The summed E-state index contributed by atoms with van der Waals surface area (Å²) in [6.45, 7) is 1.36. The number of nitrogens with one attached hydrogen (secondary N) is 1. The normalized spacial score (nSPS) is 15.2. The Kier molecular flexibility index (Phi) is 4.72. The van der Waals surface area contributed by atoms with Gasteiger partial charge in [0.15, 0.2) is 5.03 Å². The van der Waals surface area contributed by atoms with Crippen molar-refractivity contribution in [3.8, 4) is 0 Å². The summed E-state index contributed by atoms with van der Waals surface area (Å²) >= 11 is 1.18. The minimum atomic E-state index is -3.85.